The Labute approximate surface area is 116 Å². The zero-order chi connectivity index (χ0) is 14.0. The third kappa shape index (κ3) is 3.82. The molecule has 0 amide bonds. The molecule has 0 bridgehead atoms. The van der Waals surface area contributed by atoms with Crippen LogP contribution in [0.25, 0.3) is 0 Å². The van der Waals surface area contributed by atoms with Crippen molar-refractivity contribution in [3.8, 4) is 0 Å². The van der Waals surface area contributed by atoms with Gasteiger partial charge in [-0.05, 0) is 41.4 Å². The molecule has 0 atom stereocenters. The van der Waals surface area contributed by atoms with Crippen LogP contribution in [0.4, 0.5) is 0 Å². The van der Waals surface area contributed by atoms with Crippen LogP contribution < -0.4 is 0 Å². The Bertz CT molecular complexity index is 411. The SMILES string of the molecule is CC(C)(C)[Si](C)(C)OCc1cc(Cl)ccc1CO. The van der Waals surface area contributed by atoms with E-state index in [1.54, 1.807) is 6.07 Å². The first-order valence-corrected chi connectivity index (χ1v) is 9.48. The van der Waals surface area contributed by atoms with Crippen molar-refractivity contribution in [2.75, 3.05) is 0 Å². The van der Waals surface area contributed by atoms with Crippen LogP contribution in [0.15, 0.2) is 18.2 Å². The first kappa shape index (κ1) is 15.7. The molecule has 102 valence electrons. The Morgan fingerprint density at radius 1 is 1.22 bits per heavy atom. The van der Waals surface area contributed by atoms with Gasteiger partial charge < -0.3 is 9.53 Å². The van der Waals surface area contributed by atoms with E-state index in [1.807, 2.05) is 12.1 Å². The van der Waals surface area contributed by atoms with Crippen LogP contribution in [-0.4, -0.2) is 13.4 Å². The van der Waals surface area contributed by atoms with E-state index in [4.69, 9.17) is 16.0 Å². The van der Waals surface area contributed by atoms with Crippen molar-refractivity contribution in [2.24, 2.45) is 0 Å². The van der Waals surface area contributed by atoms with Gasteiger partial charge in [0.05, 0.1) is 13.2 Å². The number of halogens is 1. The molecule has 0 unspecified atom stereocenters. The van der Waals surface area contributed by atoms with Gasteiger partial charge in [-0.1, -0.05) is 38.4 Å². The van der Waals surface area contributed by atoms with Crippen molar-refractivity contribution in [1.82, 2.24) is 0 Å². The molecule has 1 N–H and O–H groups in total. The second-order valence-corrected chi connectivity index (χ2v) is 11.4. The minimum atomic E-state index is -1.77. The van der Waals surface area contributed by atoms with Crippen LogP contribution in [0.3, 0.4) is 0 Å². The number of aliphatic hydroxyl groups excluding tert-OH is 1. The monoisotopic (exact) mass is 286 g/mol. The van der Waals surface area contributed by atoms with Crippen molar-refractivity contribution in [1.29, 1.82) is 0 Å². The molecule has 1 aromatic rings. The fourth-order valence-electron chi connectivity index (χ4n) is 1.36. The summed E-state index contributed by atoms with van der Waals surface area (Å²) in [4.78, 5) is 0. The van der Waals surface area contributed by atoms with Crippen molar-refractivity contribution >= 4 is 19.9 Å². The van der Waals surface area contributed by atoms with E-state index in [1.165, 1.54) is 0 Å². The molecule has 2 nitrogen and oxygen atoms in total. The number of benzene rings is 1. The van der Waals surface area contributed by atoms with Gasteiger partial charge in [0, 0.05) is 5.02 Å². The van der Waals surface area contributed by atoms with Crippen LogP contribution >= 0.6 is 11.6 Å². The van der Waals surface area contributed by atoms with Gasteiger partial charge in [0.25, 0.3) is 0 Å². The summed E-state index contributed by atoms with van der Waals surface area (Å²) in [5.74, 6) is 0. The minimum Gasteiger partial charge on any atom is -0.413 e. The van der Waals surface area contributed by atoms with Crippen molar-refractivity contribution in [3.05, 3.63) is 34.3 Å². The zero-order valence-corrected chi connectivity index (χ0v) is 13.6. The molecular formula is C14H23ClO2Si. The minimum absolute atomic E-state index is 0.0212. The van der Waals surface area contributed by atoms with Crippen LogP contribution in [-0.2, 0) is 17.6 Å². The molecule has 1 rings (SSSR count). The molecule has 0 saturated carbocycles. The fraction of sp³-hybridized carbons (Fsp3) is 0.571. The topological polar surface area (TPSA) is 29.5 Å². The van der Waals surface area contributed by atoms with Gasteiger partial charge in [-0.3, -0.25) is 0 Å². The Hall–Kier alpha value is -0.353. The maximum atomic E-state index is 9.31. The Kier molecular flexibility index (Phi) is 5.01. The number of rotatable bonds is 4. The van der Waals surface area contributed by atoms with E-state index < -0.39 is 8.32 Å². The smallest absolute Gasteiger partial charge is 0.192 e. The van der Waals surface area contributed by atoms with Gasteiger partial charge in [0.2, 0.25) is 0 Å². The van der Waals surface area contributed by atoms with E-state index in [2.05, 4.69) is 33.9 Å². The molecule has 18 heavy (non-hydrogen) atoms. The van der Waals surface area contributed by atoms with Gasteiger partial charge >= 0.3 is 0 Å². The van der Waals surface area contributed by atoms with E-state index in [9.17, 15) is 5.11 Å². The van der Waals surface area contributed by atoms with E-state index >= 15 is 0 Å². The highest BCUT2D eigenvalue weighted by atomic mass is 35.5. The first-order chi connectivity index (χ1) is 8.17. The van der Waals surface area contributed by atoms with Crippen LogP contribution in [0.5, 0.6) is 0 Å². The van der Waals surface area contributed by atoms with Gasteiger partial charge in [0.15, 0.2) is 8.32 Å². The molecular weight excluding hydrogens is 264 g/mol. The lowest BCUT2D eigenvalue weighted by Crippen LogP contribution is -2.40. The second kappa shape index (κ2) is 5.74. The highest BCUT2D eigenvalue weighted by molar-refractivity contribution is 6.74. The van der Waals surface area contributed by atoms with E-state index in [0.717, 1.165) is 11.1 Å². The Morgan fingerprint density at radius 2 is 1.83 bits per heavy atom. The number of hydrogen-bond donors (Lipinski definition) is 1. The summed E-state index contributed by atoms with van der Waals surface area (Å²) >= 11 is 5.99. The summed E-state index contributed by atoms with van der Waals surface area (Å²) in [6.45, 7) is 11.6. The molecule has 0 aromatic heterocycles. The van der Waals surface area contributed by atoms with Crippen molar-refractivity contribution < 1.29 is 9.53 Å². The average Bonchev–Trinajstić information content (AvgIpc) is 2.25. The van der Waals surface area contributed by atoms with Gasteiger partial charge in [-0.25, -0.2) is 0 Å². The molecule has 0 aliphatic rings. The Balaban J connectivity index is 2.83. The summed E-state index contributed by atoms with van der Waals surface area (Å²) in [5, 5.41) is 10.2. The van der Waals surface area contributed by atoms with Gasteiger partial charge in [-0.15, -0.1) is 0 Å². The van der Waals surface area contributed by atoms with Crippen molar-refractivity contribution in [2.45, 2.75) is 52.1 Å². The van der Waals surface area contributed by atoms with Crippen LogP contribution in [0.2, 0.25) is 23.2 Å². The molecule has 4 heteroatoms. The average molecular weight is 287 g/mol. The fourth-order valence-corrected chi connectivity index (χ4v) is 2.50. The number of hydrogen-bond acceptors (Lipinski definition) is 2. The highest BCUT2D eigenvalue weighted by Gasteiger charge is 2.37. The standard InChI is InChI=1S/C14H23ClO2Si/c1-14(2,3)18(4,5)17-10-12-8-13(15)7-6-11(12)9-16/h6-8,16H,9-10H2,1-5H3. The molecule has 1 aromatic carbocycles. The highest BCUT2D eigenvalue weighted by Crippen LogP contribution is 2.37. The van der Waals surface area contributed by atoms with E-state index in [0.29, 0.717) is 11.6 Å². The lowest BCUT2D eigenvalue weighted by atomic mass is 10.1. The molecule has 0 aliphatic carbocycles. The summed E-state index contributed by atoms with van der Waals surface area (Å²) in [5.41, 5.74) is 1.87. The van der Waals surface area contributed by atoms with E-state index in [-0.39, 0.29) is 11.6 Å². The quantitative estimate of drug-likeness (QED) is 0.834. The molecule has 0 aliphatic heterocycles. The second-order valence-electron chi connectivity index (χ2n) is 6.12. The predicted molar refractivity (Wildman–Crippen MR) is 79.4 cm³/mol. The molecule has 0 heterocycles. The van der Waals surface area contributed by atoms with Gasteiger partial charge in [-0.2, -0.15) is 0 Å². The van der Waals surface area contributed by atoms with Crippen LogP contribution in [0, 0.1) is 0 Å². The summed E-state index contributed by atoms with van der Waals surface area (Å²) in [6, 6.07) is 5.52. The van der Waals surface area contributed by atoms with Crippen molar-refractivity contribution in [3.63, 3.8) is 0 Å². The Morgan fingerprint density at radius 3 is 2.33 bits per heavy atom. The maximum absolute atomic E-state index is 9.31. The normalized spacial score (nSPS) is 12.8. The molecule has 0 radical (unpaired) electrons. The largest absolute Gasteiger partial charge is 0.413 e. The summed E-state index contributed by atoms with van der Waals surface area (Å²) in [7, 11) is -1.77. The van der Waals surface area contributed by atoms with Crippen LogP contribution in [0.1, 0.15) is 31.9 Å². The third-order valence-electron chi connectivity index (χ3n) is 3.73. The maximum Gasteiger partial charge on any atom is 0.192 e. The molecule has 0 saturated heterocycles. The molecule has 0 fully saturated rings. The predicted octanol–water partition coefficient (Wildman–Crippen LogP) is 4.35. The zero-order valence-electron chi connectivity index (χ0n) is 11.9. The molecule has 0 spiro atoms. The lowest BCUT2D eigenvalue weighted by molar-refractivity contribution is 0.258. The third-order valence-corrected chi connectivity index (χ3v) is 8.45. The summed E-state index contributed by atoms with van der Waals surface area (Å²) < 4.78 is 6.15. The lowest BCUT2D eigenvalue weighted by Gasteiger charge is -2.36. The number of aliphatic hydroxyl groups is 1. The first-order valence-electron chi connectivity index (χ1n) is 6.19. The van der Waals surface area contributed by atoms with Gasteiger partial charge in [0.1, 0.15) is 0 Å². The summed E-state index contributed by atoms with van der Waals surface area (Å²) in [6.07, 6.45) is 0.